The Morgan fingerprint density at radius 2 is 1.89 bits per heavy atom. The van der Waals surface area contributed by atoms with E-state index in [1.807, 2.05) is 52.8 Å². The molecule has 1 aliphatic carbocycles. The summed E-state index contributed by atoms with van der Waals surface area (Å²) >= 11 is 0. The van der Waals surface area contributed by atoms with Gasteiger partial charge in [-0.2, -0.15) is 10.2 Å². The van der Waals surface area contributed by atoms with Crippen LogP contribution in [0, 0.1) is 0 Å². The van der Waals surface area contributed by atoms with Crippen molar-refractivity contribution in [3.8, 4) is 22.4 Å². The van der Waals surface area contributed by atoms with E-state index in [9.17, 15) is 4.79 Å². The molecule has 0 radical (unpaired) electrons. The summed E-state index contributed by atoms with van der Waals surface area (Å²) in [6.45, 7) is 1.24. The summed E-state index contributed by atoms with van der Waals surface area (Å²) in [5, 5.41) is 11.0. The van der Waals surface area contributed by atoms with Gasteiger partial charge in [-0.15, -0.1) is 0 Å². The standard InChI is InChI=1S/C28H30N8O2/c1-33-22-15-29-27-24(26(22)36(28(33)37)20-6-4-5-7-20)23(17-8-9-21-18(12-17)13-30-34(21)2)25(32-27)19-14-31-35(16-19)10-11-38-3/h8-9,12-16,20H,4-7,10-11H2,1-3H3,(H,29,32). The van der Waals surface area contributed by atoms with Crippen molar-refractivity contribution in [1.82, 2.24) is 38.7 Å². The molecule has 7 rings (SSSR count). The Balaban J connectivity index is 1.57. The van der Waals surface area contributed by atoms with Crippen molar-refractivity contribution in [2.24, 2.45) is 14.1 Å². The van der Waals surface area contributed by atoms with E-state index < -0.39 is 0 Å². The highest BCUT2D eigenvalue weighted by Gasteiger charge is 2.28. The van der Waals surface area contributed by atoms with Crippen LogP contribution >= 0.6 is 0 Å². The van der Waals surface area contributed by atoms with E-state index in [1.165, 1.54) is 0 Å². The fourth-order valence-corrected chi connectivity index (χ4v) is 6.10. The summed E-state index contributed by atoms with van der Waals surface area (Å²) in [7, 11) is 5.49. The van der Waals surface area contributed by atoms with E-state index in [2.05, 4.69) is 33.4 Å². The molecule has 10 nitrogen and oxygen atoms in total. The fourth-order valence-electron chi connectivity index (χ4n) is 6.10. The predicted octanol–water partition coefficient (Wildman–Crippen LogP) is 4.40. The Hall–Kier alpha value is -4.18. The van der Waals surface area contributed by atoms with Crippen LogP contribution in [-0.2, 0) is 25.4 Å². The van der Waals surface area contributed by atoms with Gasteiger partial charge in [-0.25, -0.2) is 9.78 Å². The topological polar surface area (TPSA) is 100 Å². The third-order valence-electron chi connectivity index (χ3n) is 8.04. The zero-order valence-electron chi connectivity index (χ0n) is 21.8. The summed E-state index contributed by atoms with van der Waals surface area (Å²) < 4.78 is 12.8. The molecule has 5 heterocycles. The second-order valence-corrected chi connectivity index (χ2v) is 10.3. The molecule has 1 aliphatic rings. The molecule has 0 unspecified atom stereocenters. The molecule has 1 aromatic carbocycles. The molecule has 0 saturated heterocycles. The molecule has 0 amide bonds. The lowest BCUT2D eigenvalue weighted by Gasteiger charge is -2.13. The molecular weight excluding hydrogens is 480 g/mol. The Labute approximate surface area is 218 Å². The van der Waals surface area contributed by atoms with E-state index >= 15 is 0 Å². The number of nitrogens with one attached hydrogen (secondary N) is 1. The number of imidazole rings is 1. The largest absolute Gasteiger partial charge is 0.383 e. The lowest BCUT2D eigenvalue weighted by molar-refractivity contribution is 0.183. The maximum absolute atomic E-state index is 13.6. The zero-order valence-corrected chi connectivity index (χ0v) is 21.8. The number of benzene rings is 1. The number of ether oxygens (including phenoxy) is 1. The van der Waals surface area contributed by atoms with Gasteiger partial charge in [0, 0.05) is 50.0 Å². The van der Waals surface area contributed by atoms with Crippen LogP contribution in [0.25, 0.3) is 55.4 Å². The highest BCUT2D eigenvalue weighted by Crippen LogP contribution is 2.43. The van der Waals surface area contributed by atoms with Gasteiger partial charge in [-0.05, 0) is 30.5 Å². The van der Waals surface area contributed by atoms with E-state index in [0.717, 1.165) is 81.0 Å². The minimum Gasteiger partial charge on any atom is -0.383 e. The summed E-state index contributed by atoms with van der Waals surface area (Å²) in [5.74, 6) is 0. The molecule has 0 spiro atoms. The van der Waals surface area contributed by atoms with Gasteiger partial charge in [0.2, 0.25) is 0 Å². The molecule has 10 heteroatoms. The van der Waals surface area contributed by atoms with Crippen molar-refractivity contribution < 1.29 is 4.74 Å². The number of methoxy groups -OCH3 is 1. The number of nitrogens with zero attached hydrogens (tertiary/aromatic N) is 7. The average molecular weight is 511 g/mol. The first kappa shape index (κ1) is 23.0. The quantitative estimate of drug-likeness (QED) is 0.358. The third-order valence-corrected chi connectivity index (χ3v) is 8.04. The van der Waals surface area contributed by atoms with E-state index in [4.69, 9.17) is 9.72 Å². The third kappa shape index (κ3) is 3.36. The van der Waals surface area contributed by atoms with Crippen LogP contribution in [0.15, 0.2) is 47.8 Å². The lowest BCUT2D eigenvalue weighted by atomic mass is 9.98. The number of aromatic amines is 1. The Morgan fingerprint density at radius 1 is 1.05 bits per heavy atom. The number of pyridine rings is 1. The van der Waals surface area contributed by atoms with Crippen molar-refractivity contribution in [2.45, 2.75) is 38.3 Å². The average Bonchev–Trinajstić information content (AvgIpc) is 3.75. The minimum atomic E-state index is 0.0185. The Kier molecular flexibility index (Phi) is 5.26. The molecule has 0 aliphatic heterocycles. The molecule has 0 bridgehead atoms. The van der Waals surface area contributed by atoms with Gasteiger partial charge in [0.15, 0.2) is 0 Å². The van der Waals surface area contributed by atoms with Crippen molar-refractivity contribution in [3.05, 3.63) is 53.5 Å². The summed E-state index contributed by atoms with van der Waals surface area (Å²) in [4.78, 5) is 22.0. The highest BCUT2D eigenvalue weighted by atomic mass is 16.5. The smallest absolute Gasteiger partial charge is 0.329 e. The first-order chi connectivity index (χ1) is 18.5. The minimum absolute atomic E-state index is 0.0185. The molecular formula is C28H30N8O2. The number of hydrogen-bond acceptors (Lipinski definition) is 5. The first-order valence-corrected chi connectivity index (χ1v) is 13.1. The van der Waals surface area contributed by atoms with Crippen molar-refractivity contribution in [3.63, 3.8) is 0 Å². The number of fused-ring (bicyclic) bond motifs is 4. The van der Waals surface area contributed by atoms with E-state index in [-0.39, 0.29) is 11.7 Å². The molecule has 38 heavy (non-hydrogen) atoms. The zero-order chi connectivity index (χ0) is 26.0. The maximum Gasteiger partial charge on any atom is 0.329 e. The number of aryl methyl sites for hydroxylation is 2. The highest BCUT2D eigenvalue weighted by molar-refractivity contribution is 6.14. The van der Waals surface area contributed by atoms with Crippen LogP contribution in [0.5, 0.6) is 0 Å². The molecule has 1 saturated carbocycles. The molecule has 194 valence electrons. The van der Waals surface area contributed by atoms with Crippen LogP contribution < -0.4 is 5.69 Å². The number of H-pyrrole nitrogens is 1. The normalized spacial score (nSPS) is 14.6. The maximum atomic E-state index is 13.6. The fraction of sp³-hybridized carbons (Fsp3) is 0.357. The Bertz CT molecular complexity index is 1880. The van der Waals surface area contributed by atoms with Crippen molar-refractivity contribution in [2.75, 3.05) is 13.7 Å². The van der Waals surface area contributed by atoms with Gasteiger partial charge in [-0.1, -0.05) is 18.9 Å². The predicted molar refractivity (Wildman–Crippen MR) is 147 cm³/mol. The van der Waals surface area contributed by atoms with Crippen LogP contribution in [0.2, 0.25) is 0 Å². The molecule has 0 atom stereocenters. The molecule has 1 fully saturated rings. The number of hydrogen-bond donors (Lipinski definition) is 1. The SMILES string of the molecule is COCCn1cc(-c2[nH]c3ncc4c(c3c2-c2ccc3c(cnn3C)c2)n(C2CCCC2)c(=O)n4C)cn1. The van der Waals surface area contributed by atoms with Crippen molar-refractivity contribution in [1.29, 1.82) is 0 Å². The van der Waals surface area contributed by atoms with Gasteiger partial charge in [0.05, 0.1) is 59.4 Å². The summed E-state index contributed by atoms with van der Waals surface area (Å²) in [6.07, 6.45) is 11.9. The van der Waals surface area contributed by atoms with E-state index in [1.54, 1.807) is 11.7 Å². The van der Waals surface area contributed by atoms with Crippen LogP contribution in [0.3, 0.4) is 0 Å². The molecule has 5 aromatic heterocycles. The Morgan fingerprint density at radius 3 is 2.71 bits per heavy atom. The van der Waals surface area contributed by atoms with Crippen molar-refractivity contribution >= 4 is 33.0 Å². The van der Waals surface area contributed by atoms with Gasteiger partial charge < -0.3 is 9.72 Å². The number of aromatic nitrogens is 8. The lowest BCUT2D eigenvalue weighted by Crippen LogP contribution is -2.24. The van der Waals surface area contributed by atoms with Gasteiger partial charge in [-0.3, -0.25) is 18.5 Å². The summed E-state index contributed by atoms with van der Waals surface area (Å²) in [5.41, 5.74) is 7.59. The van der Waals surface area contributed by atoms with Crippen LogP contribution in [-0.4, -0.2) is 52.4 Å². The first-order valence-electron chi connectivity index (χ1n) is 13.1. The second-order valence-electron chi connectivity index (χ2n) is 10.3. The van der Waals surface area contributed by atoms with Gasteiger partial charge in [0.25, 0.3) is 0 Å². The molecule has 1 N–H and O–H groups in total. The monoisotopic (exact) mass is 510 g/mol. The van der Waals surface area contributed by atoms with E-state index in [0.29, 0.717) is 13.2 Å². The van der Waals surface area contributed by atoms with Gasteiger partial charge in [0.1, 0.15) is 5.65 Å². The van der Waals surface area contributed by atoms with Crippen LogP contribution in [0.4, 0.5) is 0 Å². The second kappa shape index (κ2) is 8.70. The van der Waals surface area contributed by atoms with Crippen LogP contribution in [0.1, 0.15) is 31.7 Å². The van der Waals surface area contributed by atoms with Gasteiger partial charge >= 0.3 is 5.69 Å². The number of rotatable bonds is 6. The molecule has 6 aromatic rings. The summed E-state index contributed by atoms with van der Waals surface area (Å²) in [6, 6.07) is 6.60.